The van der Waals surface area contributed by atoms with E-state index in [-0.39, 0.29) is 5.60 Å². The van der Waals surface area contributed by atoms with Crippen LogP contribution in [0.15, 0.2) is 0 Å². The van der Waals surface area contributed by atoms with Crippen LogP contribution in [-0.4, -0.2) is 11.7 Å². The van der Waals surface area contributed by atoms with Gasteiger partial charge in [-0.3, -0.25) is 0 Å². The first kappa shape index (κ1) is 17.3. The van der Waals surface area contributed by atoms with E-state index in [2.05, 4.69) is 27.7 Å². The molecule has 0 aliphatic carbocycles. The number of hydrogen-bond donors (Lipinski definition) is 1. The van der Waals surface area contributed by atoms with E-state index >= 15 is 0 Å². The molecule has 3 nitrogen and oxygen atoms in total. The third-order valence-corrected chi connectivity index (χ3v) is 4.00. The van der Waals surface area contributed by atoms with Crippen LogP contribution < -0.4 is 5.73 Å². The van der Waals surface area contributed by atoms with Gasteiger partial charge >= 0.3 is 6.09 Å². The van der Waals surface area contributed by atoms with Gasteiger partial charge in [-0.2, -0.15) is 0 Å². The van der Waals surface area contributed by atoms with E-state index in [1.54, 1.807) is 0 Å². The van der Waals surface area contributed by atoms with Crippen LogP contribution in [0.3, 0.4) is 0 Å². The first-order valence-electron chi connectivity index (χ1n) is 7.54. The molecule has 0 radical (unpaired) electrons. The van der Waals surface area contributed by atoms with Crippen LogP contribution in [0.5, 0.6) is 0 Å². The maximum absolute atomic E-state index is 11.2. The number of primary amides is 1. The molecule has 3 heteroatoms. The molecule has 108 valence electrons. The summed E-state index contributed by atoms with van der Waals surface area (Å²) < 4.78 is 5.58. The van der Waals surface area contributed by atoms with Crippen molar-refractivity contribution in [3.05, 3.63) is 0 Å². The number of rotatable bonds is 10. The van der Waals surface area contributed by atoms with E-state index < -0.39 is 6.09 Å². The van der Waals surface area contributed by atoms with Gasteiger partial charge in [0.2, 0.25) is 0 Å². The average molecular weight is 257 g/mol. The van der Waals surface area contributed by atoms with E-state index in [1.165, 1.54) is 12.8 Å². The lowest BCUT2D eigenvalue weighted by Gasteiger charge is -2.39. The predicted octanol–water partition coefficient (Wildman–Crippen LogP) is 4.64. The Bertz CT molecular complexity index is 231. The van der Waals surface area contributed by atoms with E-state index in [0.29, 0.717) is 5.92 Å². The average Bonchev–Trinajstić information content (AvgIpc) is 2.35. The predicted molar refractivity (Wildman–Crippen MR) is 76.5 cm³/mol. The molecule has 2 unspecified atom stereocenters. The highest BCUT2D eigenvalue weighted by atomic mass is 16.6. The molecule has 0 rings (SSSR count). The summed E-state index contributed by atoms with van der Waals surface area (Å²) in [5, 5.41) is 0. The van der Waals surface area contributed by atoms with Gasteiger partial charge < -0.3 is 10.5 Å². The standard InChI is InChI=1S/C15H31NO2/c1-5-9-11-13(7-3)15(8-4,12-10-6-2)18-14(16)17/h13H,5-12H2,1-4H3,(H2,16,17). The van der Waals surface area contributed by atoms with Crippen LogP contribution in [-0.2, 0) is 4.74 Å². The largest absolute Gasteiger partial charge is 0.443 e. The van der Waals surface area contributed by atoms with Crippen LogP contribution in [0.2, 0.25) is 0 Å². The SMILES string of the molecule is CCCCC(CC)C(CC)(CCCC)OC(N)=O. The molecule has 2 atom stereocenters. The maximum atomic E-state index is 11.2. The Morgan fingerprint density at radius 3 is 2.17 bits per heavy atom. The van der Waals surface area contributed by atoms with Gasteiger partial charge in [0.15, 0.2) is 0 Å². The molecule has 0 aliphatic heterocycles. The molecule has 18 heavy (non-hydrogen) atoms. The molecule has 0 aromatic carbocycles. The minimum atomic E-state index is -0.622. The monoisotopic (exact) mass is 257 g/mol. The van der Waals surface area contributed by atoms with Gasteiger partial charge in [-0.1, -0.05) is 47.0 Å². The van der Waals surface area contributed by atoms with Gasteiger partial charge in [0, 0.05) is 0 Å². The third-order valence-electron chi connectivity index (χ3n) is 4.00. The Morgan fingerprint density at radius 1 is 1.17 bits per heavy atom. The van der Waals surface area contributed by atoms with Gasteiger partial charge in [-0.25, -0.2) is 4.79 Å². The molecule has 0 saturated carbocycles. The summed E-state index contributed by atoms with van der Waals surface area (Å²) in [6, 6.07) is 0. The quantitative estimate of drug-likeness (QED) is 0.620. The summed E-state index contributed by atoms with van der Waals surface area (Å²) >= 11 is 0. The summed E-state index contributed by atoms with van der Waals surface area (Å²) in [5.41, 5.74) is 4.94. The Labute approximate surface area is 112 Å². The molecule has 0 bridgehead atoms. The molecular formula is C15H31NO2. The zero-order valence-electron chi connectivity index (χ0n) is 12.6. The number of carbonyl (C=O) groups is 1. The van der Waals surface area contributed by atoms with Crippen LogP contribution in [0, 0.1) is 5.92 Å². The summed E-state index contributed by atoms with van der Waals surface area (Å²) in [5.74, 6) is 0.432. The Hall–Kier alpha value is -0.730. The van der Waals surface area contributed by atoms with Crippen LogP contribution in [0.1, 0.15) is 79.1 Å². The zero-order chi connectivity index (χ0) is 14.0. The van der Waals surface area contributed by atoms with Crippen LogP contribution >= 0.6 is 0 Å². The smallest absolute Gasteiger partial charge is 0.405 e. The molecule has 0 aliphatic rings. The molecule has 0 aromatic rings. The highest BCUT2D eigenvalue weighted by molar-refractivity contribution is 5.65. The Morgan fingerprint density at radius 2 is 1.78 bits per heavy atom. The first-order chi connectivity index (χ1) is 8.56. The van der Waals surface area contributed by atoms with Crippen molar-refractivity contribution < 1.29 is 9.53 Å². The van der Waals surface area contributed by atoms with E-state index in [0.717, 1.165) is 38.5 Å². The molecule has 0 aromatic heterocycles. The first-order valence-corrected chi connectivity index (χ1v) is 7.54. The van der Waals surface area contributed by atoms with Crippen molar-refractivity contribution in [3.63, 3.8) is 0 Å². The maximum Gasteiger partial charge on any atom is 0.405 e. The lowest BCUT2D eigenvalue weighted by atomic mass is 9.76. The summed E-state index contributed by atoms with van der Waals surface area (Å²) in [4.78, 5) is 11.2. The van der Waals surface area contributed by atoms with Gasteiger partial charge in [0.25, 0.3) is 0 Å². The van der Waals surface area contributed by atoms with Crippen molar-refractivity contribution in [2.75, 3.05) is 0 Å². The highest BCUT2D eigenvalue weighted by Crippen LogP contribution is 2.37. The van der Waals surface area contributed by atoms with Crippen molar-refractivity contribution in [3.8, 4) is 0 Å². The molecular weight excluding hydrogens is 226 g/mol. The van der Waals surface area contributed by atoms with Crippen molar-refractivity contribution >= 4 is 6.09 Å². The van der Waals surface area contributed by atoms with Crippen LogP contribution in [0.25, 0.3) is 0 Å². The van der Waals surface area contributed by atoms with Crippen LogP contribution in [0.4, 0.5) is 4.79 Å². The Kier molecular flexibility index (Phi) is 8.86. The fourth-order valence-electron chi connectivity index (χ4n) is 2.84. The van der Waals surface area contributed by atoms with Crippen molar-refractivity contribution in [1.82, 2.24) is 0 Å². The second-order valence-electron chi connectivity index (χ2n) is 5.19. The van der Waals surface area contributed by atoms with Gasteiger partial charge in [0.05, 0.1) is 0 Å². The summed E-state index contributed by atoms with van der Waals surface area (Å²) in [6.07, 6.45) is 7.92. The second kappa shape index (κ2) is 9.23. The number of unbranched alkanes of at least 4 members (excludes halogenated alkanes) is 2. The normalized spacial score (nSPS) is 16.0. The Balaban J connectivity index is 4.90. The number of carbonyl (C=O) groups excluding carboxylic acids is 1. The third kappa shape index (κ3) is 5.28. The number of ether oxygens (including phenoxy) is 1. The summed E-state index contributed by atoms with van der Waals surface area (Å²) in [7, 11) is 0. The lowest BCUT2D eigenvalue weighted by molar-refractivity contribution is -0.0467. The lowest BCUT2D eigenvalue weighted by Crippen LogP contribution is -2.43. The minimum absolute atomic E-state index is 0.342. The molecule has 0 saturated heterocycles. The fraction of sp³-hybridized carbons (Fsp3) is 0.933. The van der Waals surface area contributed by atoms with E-state index in [4.69, 9.17) is 10.5 Å². The van der Waals surface area contributed by atoms with Gasteiger partial charge in [-0.15, -0.1) is 0 Å². The molecule has 1 amide bonds. The molecule has 0 fully saturated rings. The van der Waals surface area contributed by atoms with E-state index in [1.807, 2.05) is 0 Å². The highest BCUT2D eigenvalue weighted by Gasteiger charge is 2.38. The number of hydrogen-bond acceptors (Lipinski definition) is 2. The van der Waals surface area contributed by atoms with Crippen molar-refractivity contribution in [2.45, 2.75) is 84.7 Å². The molecule has 0 heterocycles. The second-order valence-corrected chi connectivity index (χ2v) is 5.19. The number of nitrogens with two attached hydrogens (primary N) is 1. The minimum Gasteiger partial charge on any atom is -0.443 e. The molecule has 2 N–H and O–H groups in total. The fourth-order valence-corrected chi connectivity index (χ4v) is 2.84. The van der Waals surface area contributed by atoms with Gasteiger partial charge in [-0.05, 0) is 38.0 Å². The molecule has 0 spiro atoms. The van der Waals surface area contributed by atoms with E-state index in [9.17, 15) is 4.79 Å². The zero-order valence-corrected chi connectivity index (χ0v) is 12.6. The number of amides is 1. The van der Waals surface area contributed by atoms with Gasteiger partial charge in [0.1, 0.15) is 5.60 Å². The van der Waals surface area contributed by atoms with Crippen molar-refractivity contribution in [2.24, 2.45) is 11.7 Å². The topological polar surface area (TPSA) is 52.3 Å². The summed E-state index contributed by atoms with van der Waals surface area (Å²) in [6.45, 7) is 8.65. The van der Waals surface area contributed by atoms with Crippen molar-refractivity contribution in [1.29, 1.82) is 0 Å².